The van der Waals surface area contributed by atoms with Crippen molar-refractivity contribution in [2.45, 2.75) is 51.0 Å². The van der Waals surface area contributed by atoms with Crippen molar-refractivity contribution in [2.75, 3.05) is 19.4 Å². The normalized spacial score (nSPS) is 26.7. The summed E-state index contributed by atoms with van der Waals surface area (Å²) in [6.45, 7) is 7.32. The smallest absolute Gasteiger partial charge is 0.340 e. The van der Waals surface area contributed by atoms with Crippen LogP contribution >= 0.6 is 23.4 Å². The van der Waals surface area contributed by atoms with E-state index < -0.39 is 5.97 Å². The number of likely N-dealkylation sites (tertiary alicyclic amines) is 1. The second-order valence-electron chi connectivity index (χ2n) is 8.66. The highest BCUT2D eigenvalue weighted by atomic mass is 35.5. The largest absolute Gasteiger partial charge is 0.452 e. The molecule has 6 heteroatoms. The fourth-order valence-corrected chi connectivity index (χ4v) is 5.46. The lowest BCUT2D eigenvalue weighted by Gasteiger charge is -2.39. The number of hydrogen-bond acceptors (Lipinski definition) is 4. The maximum atomic E-state index is 12.7. The number of hydrogen-bond donors (Lipinski definition) is 0. The summed E-state index contributed by atoms with van der Waals surface area (Å²) in [4.78, 5) is 27.9. The van der Waals surface area contributed by atoms with Crippen LogP contribution in [0.4, 0.5) is 0 Å². The molecule has 3 rings (SSSR count). The van der Waals surface area contributed by atoms with Gasteiger partial charge in [0.25, 0.3) is 5.91 Å². The van der Waals surface area contributed by atoms with Crippen LogP contribution in [-0.4, -0.2) is 42.2 Å². The molecule has 0 spiro atoms. The van der Waals surface area contributed by atoms with Gasteiger partial charge in [0.1, 0.15) is 0 Å². The quantitative estimate of drug-likeness (QED) is 0.550. The summed E-state index contributed by atoms with van der Waals surface area (Å²) >= 11 is 7.63. The number of benzene rings is 1. The van der Waals surface area contributed by atoms with Crippen molar-refractivity contribution >= 4 is 35.2 Å². The van der Waals surface area contributed by atoms with Gasteiger partial charge in [0.15, 0.2) is 6.61 Å². The predicted molar refractivity (Wildman–Crippen MR) is 105 cm³/mol. The van der Waals surface area contributed by atoms with Gasteiger partial charge in [-0.05, 0) is 54.5 Å². The third-order valence-corrected chi connectivity index (χ3v) is 6.51. The number of amides is 1. The van der Waals surface area contributed by atoms with Crippen LogP contribution < -0.4 is 0 Å². The zero-order valence-electron chi connectivity index (χ0n) is 15.8. The number of thioether (sulfide) groups is 1. The lowest BCUT2D eigenvalue weighted by molar-refractivity contribution is -0.135. The maximum absolute atomic E-state index is 12.7. The molecule has 0 aromatic heterocycles. The molecular weight excluding hydrogens is 370 g/mol. The summed E-state index contributed by atoms with van der Waals surface area (Å²) in [5.74, 6) is -0.658. The molecule has 1 aromatic rings. The molecule has 26 heavy (non-hydrogen) atoms. The van der Waals surface area contributed by atoms with Crippen molar-refractivity contribution in [3.63, 3.8) is 0 Å². The third-order valence-electron chi connectivity index (χ3n) is 5.46. The second kappa shape index (κ2) is 7.08. The van der Waals surface area contributed by atoms with E-state index in [-0.39, 0.29) is 29.4 Å². The van der Waals surface area contributed by atoms with Crippen LogP contribution in [0.2, 0.25) is 5.02 Å². The summed E-state index contributed by atoms with van der Waals surface area (Å²) in [5.41, 5.74) is 0.719. The number of fused-ring (bicyclic) bond motifs is 2. The van der Waals surface area contributed by atoms with Crippen LogP contribution in [0.5, 0.6) is 0 Å². The van der Waals surface area contributed by atoms with Gasteiger partial charge < -0.3 is 9.64 Å². The highest BCUT2D eigenvalue weighted by Gasteiger charge is 2.50. The lowest BCUT2D eigenvalue weighted by atomic mass is 9.65. The molecule has 4 nitrogen and oxygen atoms in total. The minimum atomic E-state index is -0.548. The molecule has 1 heterocycles. The first-order valence-electron chi connectivity index (χ1n) is 8.93. The molecule has 1 amide bonds. The topological polar surface area (TPSA) is 46.6 Å². The van der Waals surface area contributed by atoms with Crippen LogP contribution in [0, 0.1) is 10.8 Å². The predicted octanol–water partition coefficient (Wildman–Crippen LogP) is 4.65. The van der Waals surface area contributed by atoms with E-state index in [1.165, 1.54) is 11.8 Å². The van der Waals surface area contributed by atoms with Gasteiger partial charge in [0.2, 0.25) is 0 Å². The number of carbonyl (C=O) groups excluding carboxylic acids is 2. The van der Waals surface area contributed by atoms with Crippen molar-refractivity contribution in [2.24, 2.45) is 10.8 Å². The summed E-state index contributed by atoms with van der Waals surface area (Å²) in [7, 11) is 0. The van der Waals surface area contributed by atoms with Gasteiger partial charge in [-0.1, -0.05) is 32.4 Å². The third kappa shape index (κ3) is 4.04. The SMILES string of the molecule is CSc1ccc(Cl)c(C(=O)OCC(=O)N2CC3(C)CC2CC(C)(C)C3)c1. The maximum Gasteiger partial charge on any atom is 0.340 e. The van der Waals surface area contributed by atoms with Gasteiger partial charge >= 0.3 is 5.97 Å². The molecule has 2 atom stereocenters. The molecule has 1 saturated carbocycles. The minimum Gasteiger partial charge on any atom is -0.452 e. The summed E-state index contributed by atoms with van der Waals surface area (Å²) in [5, 5.41) is 0.339. The Balaban J connectivity index is 1.64. The molecule has 1 saturated heterocycles. The van der Waals surface area contributed by atoms with Crippen molar-refractivity contribution in [3.8, 4) is 0 Å². The molecule has 2 fully saturated rings. The van der Waals surface area contributed by atoms with Gasteiger partial charge in [0.05, 0.1) is 10.6 Å². The summed E-state index contributed by atoms with van der Waals surface area (Å²) in [6, 6.07) is 5.48. The summed E-state index contributed by atoms with van der Waals surface area (Å²) < 4.78 is 5.29. The van der Waals surface area contributed by atoms with E-state index in [4.69, 9.17) is 16.3 Å². The standard InChI is InChI=1S/C20H26ClNO3S/c1-19(2)8-13-9-20(3,11-19)12-22(13)17(23)10-25-18(24)15-7-14(26-4)5-6-16(15)21/h5-7,13H,8-12H2,1-4H3. The second-order valence-corrected chi connectivity index (χ2v) is 9.94. The molecule has 0 N–H and O–H groups in total. The minimum absolute atomic E-state index is 0.109. The first-order chi connectivity index (χ1) is 12.1. The molecule has 2 bridgehead atoms. The Labute approximate surface area is 164 Å². The molecule has 1 aliphatic carbocycles. The van der Waals surface area contributed by atoms with Crippen molar-refractivity contribution in [1.82, 2.24) is 4.90 Å². The Bertz CT molecular complexity index is 736. The zero-order valence-corrected chi connectivity index (χ0v) is 17.4. The number of nitrogens with zero attached hydrogens (tertiary/aromatic N) is 1. The molecular formula is C20H26ClNO3S. The van der Waals surface area contributed by atoms with Crippen LogP contribution in [0.1, 0.15) is 50.4 Å². The van der Waals surface area contributed by atoms with Gasteiger partial charge in [-0.15, -0.1) is 11.8 Å². The molecule has 142 valence electrons. The van der Waals surface area contributed by atoms with Gasteiger partial charge in [-0.3, -0.25) is 4.79 Å². The monoisotopic (exact) mass is 395 g/mol. The molecule has 1 aliphatic heterocycles. The fraction of sp³-hybridized carbons (Fsp3) is 0.600. The van der Waals surface area contributed by atoms with Gasteiger partial charge in [-0.2, -0.15) is 0 Å². The Hall–Kier alpha value is -1.20. The van der Waals surface area contributed by atoms with E-state index in [2.05, 4.69) is 20.8 Å². The average Bonchev–Trinajstić information content (AvgIpc) is 2.81. The molecule has 2 aliphatic rings. The first kappa shape index (κ1) is 19.6. The van der Waals surface area contributed by atoms with Crippen molar-refractivity contribution < 1.29 is 14.3 Å². The highest BCUT2D eigenvalue weighted by Crippen LogP contribution is 2.52. The Kier molecular flexibility index (Phi) is 5.33. The number of esters is 1. The Morgan fingerprint density at radius 2 is 2.04 bits per heavy atom. The van der Waals surface area contributed by atoms with E-state index in [0.717, 1.165) is 30.7 Å². The fourth-order valence-electron chi connectivity index (χ4n) is 4.83. The average molecular weight is 396 g/mol. The number of carbonyl (C=O) groups is 2. The van der Waals surface area contributed by atoms with E-state index in [0.29, 0.717) is 10.6 Å². The highest BCUT2D eigenvalue weighted by molar-refractivity contribution is 7.98. The van der Waals surface area contributed by atoms with Crippen LogP contribution in [-0.2, 0) is 9.53 Å². The summed E-state index contributed by atoms with van der Waals surface area (Å²) in [6.07, 6.45) is 5.09. The van der Waals surface area contributed by atoms with Crippen LogP contribution in [0.15, 0.2) is 23.1 Å². The van der Waals surface area contributed by atoms with E-state index in [1.54, 1.807) is 12.1 Å². The van der Waals surface area contributed by atoms with Gasteiger partial charge in [-0.25, -0.2) is 4.79 Å². The molecule has 2 unspecified atom stereocenters. The first-order valence-corrected chi connectivity index (χ1v) is 10.5. The Morgan fingerprint density at radius 3 is 2.73 bits per heavy atom. The van der Waals surface area contributed by atoms with Crippen molar-refractivity contribution in [1.29, 1.82) is 0 Å². The number of ether oxygens (including phenoxy) is 1. The number of rotatable bonds is 4. The van der Waals surface area contributed by atoms with E-state index in [9.17, 15) is 9.59 Å². The van der Waals surface area contributed by atoms with Crippen LogP contribution in [0.3, 0.4) is 0 Å². The van der Waals surface area contributed by atoms with Crippen LogP contribution in [0.25, 0.3) is 0 Å². The Morgan fingerprint density at radius 1 is 1.31 bits per heavy atom. The lowest BCUT2D eigenvalue weighted by Crippen LogP contribution is -2.39. The van der Waals surface area contributed by atoms with E-state index in [1.807, 2.05) is 17.2 Å². The number of halogens is 1. The zero-order chi connectivity index (χ0) is 19.1. The molecule has 0 radical (unpaired) electrons. The van der Waals surface area contributed by atoms with Gasteiger partial charge in [0, 0.05) is 17.5 Å². The van der Waals surface area contributed by atoms with Crippen molar-refractivity contribution in [3.05, 3.63) is 28.8 Å². The van der Waals surface area contributed by atoms with E-state index >= 15 is 0 Å². The molecule has 1 aromatic carbocycles.